The molecule has 0 unspecified atom stereocenters. The molecule has 0 saturated carbocycles. The number of carbonyl (C=O) groups excluding carboxylic acids is 2. The van der Waals surface area contributed by atoms with Crippen LogP contribution in [0, 0.1) is 12.7 Å². The zero-order valence-corrected chi connectivity index (χ0v) is 15.3. The molecule has 0 saturated heterocycles. The van der Waals surface area contributed by atoms with Crippen molar-refractivity contribution in [2.24, 2.45) is 0 Å². The lowest BCUT2D eigenvalue weighted by Gasteiger charge is -2.29. The molecule has 7 nitrogen and oxygen atoms in total. The van der Waals surface area contributed by atoms with Gasteiger partial charge in [0, 0.05) is 13.0 Å². The molecule has 1 aliphatic rings. The number of aromatic nitrogens is 2. The normalized spacial score (nSPS) is 13.4. The Bertz CT molecular complexity index is 1060. The molecule has 3 aromatic rings. The maximum absolute atomic E-state index is 13.2. The average molecular weight is 382 g/mol. The highest BCUT2D eigenvalue weighted by Crippen LogP contribution is 2.32. The van der Waals surface area contributed by atoms with Gasteiger partial charge in [-0.1, -0.05) is 6.07 Å². The van der Waals surface area contributed by atoms with Gasteiger partial charge in [-0.3, -0.25) is 4.79 Å². The molecule has 8 heteroatoms. The number of rotatable bonds is 5. The number of aryl methyl sites for hydroxylation is 1. The van der Waals surface area contributed by atoms with E-state index in [-0.39, 0.29) is 24.8 Å². The molecule has 1 amide bonds. The lowest BCUT2D eigenvalue weighted by molar-refractivity contribution is -0.133. The third-order valence-electron chi connectivity index (χ3n) is 4.51. The van der Waals surface area contributed by atoms with Crippen LogP contribution in [0.5, 0.6) is 5.75 Å². The summed E-state index contributed by atoms with van der Waals surface area (Å²) in [6.07, 6.45) is 0.486. The summed E-state index contributed by atoms with van der Waals surface area (Å²) < 4.78 is 18.5. The lowest BCUT2D eigenvalue weighted by Crippen LogP contribution is -2.43. The molecule has 1 aromatic heterocycles. The average Bonchev–Trinajstić information content (AvgIpc) is 3.04. The van der Waals surface area contributed by atoms with E-state index in [9.17, 15) is 14.0 Å². The number of benzene rings is 2. The third kappa shape index (κ3) is 3.80. The number of halogens is 1. The summed E-state index contributed by atoms with van der Waals surface area (Å²) in [5.41, 5.74) is 3.05. The topological polar surface area (TPSA) is 87.3 Å². The van der Waals surface area contributed by atoms with Crippen LogP contribution in [0.2, 0.25) is 0 Å². The third-order valence-corrected chi connectivity index (χ3v) is 4.51. The SMILES string of the molecule is Cc1ccc2c(c1)N(CC(=O)NCCc1nc3ccc(F)cc3[nH]1)CC(=O)O2. The summed E-state index contributed by atoms with van der Waals surface area (Å²) in [5.74, 6) is 0.210. The van der Waals surface area contributed by atoms with E-state index in [4.69, 9.17) is 4.74 Å². The first kappa shape index (κ1) is 18.0. The minimum absolute atomic E-state index is 0.0268. The van der Waals surface area contributed by atoms with Gasteiger partial charge in [-0.15, -0.1) is 0 Å². The van der Waals surface area contributed by atoms with E-state index in [2.05, 4.69) is 15.3 Å². The fourth-order valence-corrected chi connectivity index (χ4v) is 3.20. The van der Waals surface area contributed by atoms with Crippen molar-refractivity contribution in [2.75, 3.05) is 24.5 Å². The van der Waals surface area contributed by atoms with Crippen molar-refractivity contribution in [3.8, 4) is 5.75 Å². The molecule has 4 rings (SSSR count). The van der Waals surface area contributed by atoms with E-state index < -0.39 is 5.97 Å². The summed E-state index contributed by atoms with van der Waals surface area (Å²) in [6.45, 7) is 2.39. The number of amides is 1. The number of aromatic amines is 1. The molecule has 0 atom stereocenters. The molecule has 2 aromatic carbocycles. The van der Waals surface area contributed by atoms with Gasteiger partial charge in [0.2, 0.25) is 5.91 Å². The molecule has 0 fully saturated rings. The largest absolute Gasteiger partial charge is 0.423 e. The Balaban J connectivity index is 1.35. The Morgan fingerprint density at radius 3 is 3.04 bits per heavy atom. The molecule has 144 valence electrons. The molecule has 0 spiro atoms. The number of H-pyrrole nitrogens is 1. The van der Waals surface area contributed by atoms with E-state index in [1.54, 1.807) is 17.0 Å². The van der Waals surface area contributed by atoms with Crippen LogP contribution in [-0.4, -0.2) is 41.5 Å². The summed E-state index contributed by atoms with van der Waals surface area (Å²) in [5, 5.41) is 2.83. The summed E-state index contributed by atoms with van der Waals surface area (Å²) >= 11 is 0. The van der Waals surface area contributed by atoms with E-state index in [0.29, 0.717) is 35.6 Å². The van der Waals surface area contributed by atoms with Gasteiger partial charge in [0.1, 0.15) is 18.2 Å². The van der Waals surface area contributed by atoms with Crippen LogP contribution < -0.4 is 15.0 Å². The minimum Gasteiger partial charge on any atom is -0.423 e. The van der Waals surface area contributed by atoms with Crippen molar-refractivity contribution in [1.29, 1.82) is 0 Å². The number of nitrogens with one attached hydrogen (secondary N) is 2. The smallest absolute Gasteiger partial charge is 0.331 e. The van der Waals surface area contributed by atoms with Crippen molar-refractivity contribution < 1.29 is 18.7 Å². The number of fused-ring (bicyclic) bond motifs is 2. The van der Waals surface area contributed by atoms with Gasteiger partial charge in [-0.25, -0.2) is 14.2 Å². The first-order valence-corrected chi connectivity index (χ1v) is 8.95. The second-order valence-electron chi connectivity index (χ2n) is 6.75. The minimum atomic E-state index is -0.390. The molecule has 0 radical (unpaired) electrons. The van der Waals surface area contributed by atoms with Crippen LogP contribution in [0.3, 0.4) is 0 Å². The van der Waals surface area contributed by atoms with Gasteiger partial charge in [-0.2, -0.15) is 0 Å². The zero-order chi connectivity index (χ0) is 19.7. The Morgan fingerprint density at radius 1 is 1.32 bits per heavy atom. The highest BCUT2D eigenvalue weighted by atomic mass is 19.1. The van der Waals surface area contributed by atoms with Crippen LogP contribution in [0.4, 0.5) is 10.1 Å². The van der Waals surface area contributed by atoms with E-state index in [0.717, 1.165) is 11.3 Å². The van der Waals surface area contributed by atoms with Gasteiger partial charge >= 0.3 is 5.97 Å². The fourth-order valence-electron chi connectivity index (χ4n) is 3.20. The Labute approximate surface area is 160 Å². The predicted octanol–water partition coefficient (Wildman–Crippen LogP) is 2.09. The maximum Gasteiger partial charge on any atom is 0.331 e. The van der Waals surface area contributed by atoms with Gasteiger partial charge in [0.15, 0.2) is 5.75 Å². The van der Waals surface area contributed by atoms with Crippen molar-refractivity contribution in [3.63, 3.8) is 0 Å². The monoisotopic (exact) mass is 382 g/mol. The first-order chi connectivity index (χ1) is 13.5. The summed E-state index contributed by atoms with van der Waals surface area (Å²) in [6, 6.07) is 9.84. The summed E-state index contributed by atoms with van der Waals surface area (Å²) in [4.78, 5) is 33.2. The van der Waals surface area contributed by atoms with Gasteiger partial charge in [0.05, 0.1) is 23.3 Å². The molecule has 0 aliphatic carbocycles. The Kier molecular flexibility index (Phi) is 4.68. The Hall–Kier alpha value is -3.42. The molecule has 28 heavy (non-hydrogen) atoms. The number of imidazole rings is 1. The van der Waals surface area contributed by atoms with Gasteiger partial charge in [-0.05, 0) is 42.8 Å². The number of ether oxygens (including phenoxy) is 1. The van der Waals surface area contributed by atoms with E-state index in [1.807, 2.05) is 19.1 Å². The van der Waals surface area contributed by atoms with Gasteiger partial charge in [0.25, 0.3) is 0 Å². The summed E-state index contributed by atoms with van der Waals surface area (Å²) in [7, 11) is 0. The first-order valence-electron chi connectivity index (χ1n) is 8.95. The highest BCUT2D eigenvalue weighted by Gasteiger charge is 2.25. The molecular formula is C20H19FN4O3. The zero-order valence-electron chi connectivity index (χ0n) is 15.3. The van der Waals surface area contributed by atoms with Crippen LogP contribution in [0.15, 0.2) is 36.4 Å². The highest BCUT2D eigenvalue weighted by molar-refractivity contribution is 5.89. The lowest BCUT2D eigenvalue weighted by atomic mass is 10.1. The molecule has 1 aliphatic heterocycles. The quantitative estimate of drug-likeness (QED) is 0.521. The molecule has 2 heterocycles. The van der Waals surface area contributed by atoms with Crippen LogP contribution in [-0.2, 0) is 16.0 Å². The van der Waals surface area contributed by atoms with Crippen LogP contribution >= 0.6 is 0 Å². The van der Waals surface area contributed by atoms with Crippen molar-refractivity contribution in [3.05, 3.63) is 53.6 Å². The second-order valence-corrected chi connectivity index (χ2v) is 6.75. The van der Waals surface area contributed by atoms with E-state index >= 15 is 0 Å². The standard InChI is InChI=1S/C20H19FN4O3/c1-12-2-5-17-16(8-12)25(11-20(27)28-17)10-19(26)22-7-6-18-23-14-4-3-13(21)9-15(14)24-18/h2-5,8-9H,6-7,10-11H2,1H3,(H,22,26)(H,23,24). The van der Waals surface area contributed by atoms with E-state index in [1.165, 1.54) is 12.1 Å². The number of esters is 1. The van der Waals surface area contributed by atoms with Crippen molar-refractivity contribution >= 4 is 28.6 Å². The predicted molar refractivity (Wildman–Crippen MR) is 102 cm³/mol. The molecule has 2 N–H and O–H groups in total. The number of nitrogens with zero attached hydrogens (tertiary/aromatic N) is 2. The molecule has 0 bridgehead atoms. The number of hydrogen-bond acceptors (Lipinski definition) is 5. The Morgan fingerprint density at radius 2 is 2.18 bits per heavy atom. The number of anilines is 1. The maximum atomic E-state index is 13.2. The van der Waals surface area contributed by atoms with Crippen LogP contribution in [0.25, 0.3) is 11.0 Å². The van der Waals surface area contributed by atoms with Crippen molar-refractivity contribution in [1.82, 2.24) is 15.3 Å². The number of carbonyl (C=O) groups is 2. The fraction of sp³-hybridized carbons (Fsp3) is 0.250. The van der Waals surface area contributed by atoms with Crippen LogP contribution in [0.1, 0.15) is 11.4 Å². The second kappa shape index (κ2) is 7.30. The molecular weight excluding hydrogens is 363 g/mol. The van der Waals surface area contributed by atoms with Gasteiger partial charge < -0.3 is 19.9 Å². The number of hydrogen-bond donors (Lipinski definition) is 2. The van der Waals surface area contributed by atoms with Crippen molar-refractivity contribution in [2.45, 2.75) is 13.3 Å².